The molecule has 8 nitrogen and oxygen atoms in total. The van der Waals surface area contributed by atoms with Gasteiger partial charge in [0.25, 0.3) is 0 Å². The van der Waals surface area contributed by atoms with E-state index in [0.717, 1.165) is 28.6 Å². The summed E-state index contributed by atoms with van der Waals surface area (Å²) in [6, 6.07) is 6.45. The van der Waals surface area contributed by atoms with E-state index in [0.29, 0.717) is 37.1 Å². The highest BCUT2D eigenvalue weighted by Crippen LogP contribution is 2.46. The highest BCUT2D eigenvalue weighted by molar-refractivity contribution is 5.75. The van der Waals surface area contributed by atoms with Gasteiger partial charge < -0.3 is 20.0 Å². The molecule has 3 heterocycles. The number of hydrogen-bond donors (Lipinski definition) is 2. The van der Waals surface area contributed by atoms with Gasteiger partial charge in [-0.3, -0.25) is 0 Å². The molecule has 2 aromatic heterocycles. The zero-order valence-electron chi connectivity index (χ0n) is 18.2. The molecule has 162 valence electrons. The minimum Gasteiger partial charge on any atom is -0.426 e. The van der Waals surface area contributed by atoms with Crippen molar-refractivity contribution in [3.8, 4) is 0 Å². The first-order chi connectivity index (χ1) is 14.8. The molecule has 31 heavy (non-hydrogen) atoms. The van der Waals surface area contributed by atoms with Gasteiger partial charge in [-0.15, -0.1) is 10.2 Å². The maximum atomic E-state index is 13.5. The Balaban J connectivity index is 1.61. The summed E-state index contributed by atoms with van der Waals surface area (Å²) in [5.41, 5.74) is 2.46. The van der Waals surface area contributed by atoms with Gasteiger partial charge in [-0.05, 0) is 30.7 Å². The smallest absolute Gasteiger partial charge is 0.230 e. The SMILES string of the molecule is C=C(CCc1nnc(C)o1)Nc1nc(NC)c2c(n1)N(c1ccc(F)cc1)CC2(C)C. The quantitative estimate of drug-likeness (QED) is 0.580. The zero-order chi connectivity index (χ0) is 22.2. The molecule has 0 saturated carbocycles. The van der Waals surface area contributed by atoms with Gasteiger partial charge in [0.2, 0.25) is 17.7 Å². The van der Waals surface area contributed by atoms with Crippen molar-refractivity contribution >= 4 is 23.3 Å². The number of rotatable bonds is 7. The average molecular weight is 423 g/mol. The summed E-state index contributed by atoms with van der Waals surface area (Å²) in [7, 11) is 1.84. The summed E-state index contributed by atoms with van der Waals surface area (Å²) < 4.78 is 18.9. The lowest BCUT2D eigenvalue weighted by molar-refractivity contribution is 0.466. The van der Waals surface area contributed by atoms with E-state index in [1.54, 1.807) is 19.1 Å². The fourth-order valence-corrected chi connectivity index (χ4v) is 3.81. The summed E-state index contributed by atoms with van der Waals surface area (Å²) in [4.78, 5) is 11.6. The lowest BCUT2D eigenvalue weighted by Crippen LogP contribution is -2.25. The molecule has 3 aromatic rings. The topological polar surface area (TPSA) is 92.0 Å². The molecular weight excluding hydrogens is 397 g/mol. The summed E-state index contributed by atoms with van der Waals surface area (Å²) in [6.07, 6.45) is 1.18. The lowest BCUT2D eigenvalue weighted by Gasteiger charge is -2.21. The third kappa shape index (κ3) is 4.21. The highest BCUT2D eigenvalue weighted by atomic mass is 19.1. The summed E-state index contributed by atoms with van der Waals surface area (Å²) >= 11 is 0. The van der Waals surface area contributed by atoms with Crippen molar-refractivity contribution in [2.75, 3.05) is 29.1 Å². The van der Waals surface area contributed by atoms with Gasteiger partial charge >= 0.3 is 0 Å². The minimum atomic E-state index is -0.267. The molecule has 1 aliphatic heterocycles. The largest absolute Gasteiger partial charge is 0.426 e. The van der Waals surface area contributed by atoms with Gasteiger partial charge in [-0.1, -0.05) is 20.4 Å². The van der Waals surface area contributed by atoms with Gasteiger partial charge in [0.15, 0.2) is 0 Å². The van der Waals surface area contributed by atoms with Crippen LogP contribution in [0, 0.1) is 12.7 Å². The molecule has 0 spiro atoms. The van der Waals surface area contributed by atoms with E-state index in [9.17, 15) is 4.39 Å². The number of nitrogens with zero attached hydrogens (tertiary/aromatic N) is 5. The predicted molar refractivity (Wildman–Crippen MR) is 118 cm³/mol. The third-order valence-electron chi connectivity index (χ3n) is 5.25. The molecule has 0 radical (unpaired) electrons. The van der Waals surface area contributed by atoms with Crippen LogP contribution < -0.4 is 15.5 Å². The van der Waals surface area contributed by atoms with Crippen LogP contribution in [0.25, 0.3) is 0 Å². The van der Waals surface area contributed by atoms with E-state index in [4.69, 9.17) is 9.40 Å². The Kier molecular flexibility index (Phi) is 5.34. The molecule has 9 heteroatoms. The second kappa shape index (κ2) is 7.98. The Morgan fingerprint density at radius 3 is 2.61 bits per heavy atom. The van der Waals surface area contributed by atoms with Crippen LogP contribution >= 0.6 is 0 Å². The molecular formula is C22H26FN7O. The maximum absolute atomic E-state index is 13.5. The first kappa shape index (κ1) is 20.8. The molecule has 4 rings (SSSR count). The third-order valence-corrected chi connectivity index (χ3v) is 5.25. The molecule has 1 aliphatic rings. The van der Waals surface area contributed by atoms with Crippen LogP contribution in [-0.2, 0) is 11.8 Å². The number of allylic oxidation sites excluding steroid dienone is 1. The molecule has 0 aliphatic carbocycles. The van der Waals surface area contributed by atoms with E-state index in [1.807, 2.05) is 7.05 Å². The van der Waals surface area contributed by atoms with Gasteiger partial charge in [-0.25, -0.2) is 4.39 Å². The standard InChI is InChI=1S/C22H26FN7O/c1-13(6-11-17-29-28-14(2)31-17)25-21-26-19(24-5)18-20(27-21)30(12-22(18,3)4)16-9-7-15(23)8-10-16/h7-10H,1,6,11-12H2,2-5H3,(H2,24,25,26,27). The summed E-state index contributed by atoms with van der Waals surface area (Å²) in [5.74, 6) is 2.82. The summed E-state index contributed by atoms with van der Waals surface area (Å²) in [5, 5.41) is 14.2. The number of hydrogen-bond acceptors (Lipinski definition) is 8. The van der Waals surface area contributed by atoms with Crippen molar-refractivity contribution < 1.29 is 8.81 Å². The van der Waals surface area contributed by atoms with Crippen molar-refractivity contribution in [2.24, 2.45) is 0 Å². The molecule has 0 atom stereocenters. The van der Waals surface area contributed by atoms with Gasteiger partial charge in [0.05, 0.1) is 0 Å². The number of aryl methyl sites for hydroxylation is 2. The molecule has 0 saturated heterocycles. The van der Waals surface area contributed by atoms with Crippen molar-refractivity contribution in [1.82, 2.24) is 20.2 Å². The first-order valence-electron chi connectivity index (χ1n) is 10.1. The van der Waals surface area contributed by atoms with E-state index in [-0.39, 0.29) is 11.2 Å². The van der Waals surface area contributed by atoms with Gasteiger partial charge in [-0.2, -0.15) is 9.97 Å². The number of nitrogens with one attached hydrogen (secondary N) is 2. The van der Waals surface area contributed by atoms with E-state index in [2.05, 4.69) is 51.1 Å². The second-order valence-electron chi connectivity index (χ2n) is 8.23. The Hall–Kier alpha value is -3.49. The first-order valence-corrected chi connectivity index (χ1v) is 10.1. The van der Waals surface area contributed by atoms with Crippen molar-refractivity contribution in [3.63, 3.8) is 0 Å². The van der Waals surface area contributed by atoms with E-state index >= 15 is 0 Å². The molecule has 2 N–H and O–H groups in total. The predicted octanol–water partition coefficient (Wildman–Crippen LogP) is 4.34. The monoisotopic (exact) mass is 423 g/mol. The normalized spacial score (nSPS) is 14.4. The number of halogens is 1. The van der Waals surface area contributed by atoms with Crippen LogP contribution in [0.3, 0.4) is 0 Å². The van der Waals surface area contributed by atoms with Crippen molar-refractivity contribution in [3.05, 3.63) is 59.7 Å². The van der Waals surface area contributed by atoms with Gasteiger partial charge in [0, 0.05) is 49.3 Å². The Bertz CT molecular complexity index is 1110. The second-order valence-corrected chi connectivity index (χ2v) is 8.23. The molecule has 1 aromatic carbocycles. The fourth-order valence-electron chi connectivity index (χ4n) is 3.81. The highest BCUT2D eigenvalue weighted by Gasteiger charge is 2.40. The number of benzene rings is 1. The van der Waals surface area contributed by atoms with Crippen LogP contribution in [0.5, 0.6) is 0 Å². The Morgan fingerprint density at radius 2 is 1.97 bits per heavy atom. The number of aromatic nitrogens is 4. The van der Waals surface area contributed by atoms with Crippen LogP contribution in [0.1, 0.15) is 37.6 Å². The maximum Gasteiger partial charge on any atom is 0.230 e. The Labute approximate surface area is 180 Å². The minimum absolute atomic E-state index is 0.187. The molecule has 0 bridgehead atoms. The van der Waals surface area contributed by atoms with E-state index < -0.39 is 0 Å². The number of fused-ring (bicyclic) bond motifs is 1. The average Bonchev–Trinajstić information content (AvgIpc) is 3.27. The van der Waals surface area contributed by atoms with Crippen LogP contribution in [0.15, 0.2) is 41.0 Å². The molecule has 0 fully saturated rings. The summed E-state index contributed by atoms with van der Waals surface area (Å²) in [6.45, 7) is 10.8. The van der Waals surface area contributed by atoms with Crippen LogP contribution in [0.2, 0.25) is 0 Å². The van der Waals surface area contributed by atoms with Gasteiger partial charge in [0.1, 0.15) is 17.5 Å². The number of anilines is 4. The molecule has 0 unspecified atom stereocenters. The van der Waals surface area contributed by atoms with Crippen molar-refractivity contribution in [1.29, 1.82) is 0 Å². The fraction of sp³-hybridized carbons (Fsp3) is 0.364. The van der Waals surface area contributed by atoms with Crippen LogP contribution in [0.4, 0.5) is 27.7 Å². The lowest BCUT2D eigenvalue weighted by atomic mass is 9.88. The van der Waals surface area contributed by atoms with Crippen molar-refractivity contribution in [2.45, 2.75) is 39.0 Å². The van der Waals surface area contributed by atoms with Crippen LogP contribution in [-0.4, -0.2) is 33.8 Å². The van der Waals surface area contributed by atoms with E-state index in [1.165, 1.54) is 12.1 Å². The Morgan fingerprint density at radius 1 is 1.23 bits per heavy atom. The zero-order valence-corrected chi connectivity index (χ0v) is 18.2. The molecule has 0 amide bonds.